The highest BCUT2D eigenvalue weighted by atomic mass is 16.6. The Morgan fingerprint density at radius 3 is 2.65 bits per heavy atom. The third kappa shape index (κ3) is 5.63. The van der Waals surface area contributed by atoms with Gasteiger partial charge in [-0.05, 0) is 55.8 Å². The second kappa shape index (κ2) is 10.3. The standard InChI is InChI=1S/C23H23NO7/c1-4-28-20-12-15(9-10-19(20)30-14-21(25)29-5-2)11-18-23(26)31-22(24-18)16-7-6-8-17(13-16)27-3/h6-13H,4-5,14H2,1-3H3. The molecule has 0 amide bonds. The minimum atomic E-state index is -0.557. The molecule has 0 saturated carbocycles. The van der Waals surface area contributed by atoms with Gasteiger partial charge in [0.15, 0.2) is 23.8 Å². The molecule has 31 heavy (non-hydrogen) atoms. The number of nitrogens with zero attached hydrogens (tertiary/aromatic N) is 1. The molecule has 0 N–H and O–H groups in total. The van der Waals surface area contributed by atoms with Gasteiger partial charge in [0.25, 0.3) is 0 Å². The summed E-state index contributed by atoms with van der Waals surface area (Å²) in [6.45, 7) is 4.01. The Bertz CT molecular complexity index is 1030. The van der Waals surface area contributed by atoms with Crippen LogP contribution in [0.4, 0.5) is 0 Å². The van der Waals surface area contributed by atoms with E-state index in [1.807, 2.05) is 6.92 Å². The third-order valence-corrected chi connectivity index (χ3v) is 4.16. The molecule has 3 rings (SSSR count). The zero-order valence-corrected chi connectivity index (χ0v) is 17.5. The van der Waals surface area contributed by atoms with Crippen LogP contribution in [0.3, 0.4) is 0 Å². The zero-order chi connectivity index (χ0) is 22.2. The molecule has 0 aliphatic carbocycles. The lowest BCUT2D eigenvalue weighted by Gasteiger charge is -2.12. The van der Waals surface area contributed by atoms with Crippen LogP contribution in [0.5, 0.6) is 17.2 Å². The van der Waals surface area contributed by atoms with Gasteiger partial charge in [-0.15, -0.1) is 0 Å². The number of hydrogen-bond acceptors (Lipinski definition) is 8. The predicted molar refractivity (Wildman–Crippen MR) is 113 cm³/mol. The van der Waals surface area contributed by atoms with Gasteiger partial charge in [-0.25, -0.2) is 14.6 Å². The summed E-state index contributed by atoms with van der Waals surface area (Å²) in [7, 11) is 1.56. The van der Waals surface area contributed by atoms with Gasteiger partial charge >= 0.3 is 11.9 Å². The molecule has 8 nitrogen and oxygen atoms in total. The van der Waals surface area contributed by atoms with Crippen molar-refractivity contribution in [2.45, 2.75) is 13.8 Å². The van der Waals surface area contributed by atoms with Crippen LogP contribution >= 0.6 is 0 Å². The third-order valence-electron chi connectivity index (χ3n) is 4.16. The summed E-state index contributed by atoms with van der Waals surface area (Å²) in [5.74, 6) is 0.641. The summed E-state index contributed by atoms with van der Waals surface area (Å²) in [5, 5.41) is 0. The Kier molecular flexibility index (Phi) is 7.26. The summed E-state index contributed by atoms with van der Waals surface area (Å²) in [5.41, 5.74) is 1.45. The first-order chi connectivity index (χ1) is 15.0. The van der Waals surface area contributed by atoms with Crippen LogP contribution in [0.1, 0.15) is 25.0 Å². The van der Waals surface area contributed by atoms with Gasteiger partial charge in [-0.3, -0.25) is 0 Å². The quantitative estimate of drug-likeness (QED) is 0.449. The van der Waals surface area contributed by atoms with Crippen LogP contribution in [-0.4, -0.2) is 44.8 Å². The van der Waals surface area contributed by atoms with Crippen molar-refractivity contribution in [1.82, 2.24) is 0 Å². The molecule has 0 unspecified atom stereocenters. The van der Waals surface area contributed by atoms with Crippen LogP contribution in [0.2, 0.25) is 0 Å². The molecule has 2 aromatic rings. The van der Waals surface area contributed by atoms with Crippen molar-refractivity contribution in [3.8, 4) is 17.2 Å². The summed E-state index contributed by atoms with van der Waals surface area (Å²) < 4.78 is 26.5. The minimum Gasteiger partial charge on any atom is -0.497 e. The van der Waals surface area contributed by atoms with E-state index in [0.717, 1.165) is 0 Å². The van der Waals surface area contributed by atoms with Crippen molar-refractivity contribution >= 4 is 23.9 Å². The highest BCUT2D eigenvalue weighted by Crippen LogP contribution is 2.30. The molecule has 0 aromatic heterocycles. The molecular formula is C23H23NO7. The van der Waals surface area contributed by atoms with Crippen molar-refractivity contribution in [1.29, 1.82) is 0 Å². The van der Waals surface area contributed by atoms with Crippen LogP contribution in [0, 0.1) is 0 Å². The van der Waals surface area contributed by atoms with Crippen molar-refractivity contribution in [2.75, 3.05) is 26.9 Å². The molecule has 0 saturated heterocycles. The number of ether oxygens (including phenoxy) is 5. The van der Waals surface area contributed by atoms with Crippen LogP contribution in [0.15, 0.2) is 53.2 Å². The Morgan fingerprint density at radius 2 is 1.90 bits per heavy atom. The van der Waals surface area contributed by atoms with Crippen LogP contribution in [0.25, 0.3) is 6.08 Å². The van der Waals surface area contributed by atoms with Gasteiger partial charge in [0.2, 0.25) is 5.90 Å². The summed E-state index contributed by atoms with van der Waals surface area (Å²) in [4.78, 5) is 28.1. The number of rotatable bonds is 9. The number of hydrogen-bond donors (Lipinski definition) is 0. The fraction of sp³-hybridized carbons (Fsp3) is 0.261. The van der Waals surface area contributed by atoms with Gasteiger partial charge in [0.1, 0.15) is 5.75 Å². The van der Waals surface area contributed by atoms with E-state index in [1.165, 1.54) is 0 Å². The van der Waals surface area contributed by atoms with Crippen molar-refractivity contribution in [3.05, 3.63) is 59.3 Å². The first-order valence-electron chi connectivity index (χ1n) is 9.76. The average Bonchev–Trinajstić information content (AvgIpc) is 3.14. The molecular weight excluding hydrogens is 402 g/mol. The monoisotopic (exact) mass is 425 g/mol. The highest BCUT2D eigenvalue weighted by Gasteiger charge is 2.24. The summed E-state index contributed by atoms with van der Waals surface area (Å²) in [6.07, 6.45) is 1.59. The molecule has 1 aliphatic rings. The second-order valence-corrected chi connectivity index (χ2v) is 6.30. The minimum absolute atomic E-state index is 0.153. The van der Waals surface area contributed by atoms with Crippen molar-refractivity contribution in [2.24, 2.45) is 4.99 Å². The number of carbonyl (C=O) groups is 2. The lowest BCUT2D eigenvalue weighted by atomic mass is 10.1. The van der Waals surface area contributed by atoms with Gasteiger partial charge in [-0.1, -0.05) is 12.1 Å². The molecule has 0 bridgehead atoms. The molecule has 1 aliphatic heterocycles. The first-order valence-corrected chi connectivity index (χ1v) is 9.76. The maximum atomic E-state index is 12.3. The molecule has 0 fully saturated rings. The summed E-state index contributed by atoms with van der Waals surface area (Å²) in [6, 6.07) is 12.2. The van der Waals surface area contributed by atoms with E-state index in [0.29, 0.717) is 35.0 Å². The Morgan fingerprint density at radius 1 is 1.06 bits per heavy atom. The Hall–Kier alpha value is -3.81. The molecule has 8 heteroatoms. The van der Waals surface area contributed by atoms with E-state index in [2.05, 4.69) is 4.99 Å². The number of aliphatic imine (C=N–C) groups is 1. The van der Waals surface area contributed by atoms with Crippen LogP contribution in [-0.2, 0) is 19.1 Å². The molecule has 0 radical (unpaired) electrons. The fourth-order valence-corrected chi connectivity index (χ4v) is 2.79. The van der Waals surface area contributed by atoms with Crippen molar-refractivity contribution < 1.29 is 33.3 Å². The Labute approximate surface area is 180 Å². The summed E-state index contributed by atoms with van der Waals surface area (Å²) >= 11 is 0. The molecule has 162 valence electrons. The van der Waals surface area contributed by atoms with Gasteiger partial charge < -0.3 is 23.7 Å². The van der Waals surface area contributed by atoms with E-state index in [1.54, 1.807) is 62.6 Å². The van der Waals surface area contributed by atoms with E-state index in [9.17, 15) is 9.59 Å². The number of benzene rings is 2. The van der Waals surface area contributed by atoms with Gasteiger partial charge in [0, 0.05) is 5.56 Å². The normalized spacial score (nSPS) is 14.1. The lowest BCUT2D eigenvalue weighted by molar-refractivity contribution is -0.145. The topological polar surface area (TPSA) is 92.7 Å². The Balaban J connectivity index is 1.82. The number of carbonyl (C=O) groups excluding carboxylic acids is 2. The lowest BCUT2D eigenvalue weighted by Crippen LogP contribution is -2.15. The number of methoxy groups -OCH3 is 1. The van der Waals surface area contributed by atoms with E-state index < -0.39 is 11.9 Å². The SMILES string of the molecule is CCOC(=O)COc1ccc(C=C2N=C(c3cccc(OC)c3)OC2=O)cc1OCC. The number of cyclic esters (lactones) is 1. The van der Waals surface area contributed by atoms with E-state index in [4.69, 9.17) is 23.7 Å². The second-order valence-electron chi connectivity index (χ2n) is 6.30. The first kappa shape index (κ1) is 21.9. The van der Waals surface area contributed by atoms with Gasteiger partial charge in [-0.2, -0.15) is 0 Å². The number of esters is 2. The van der Waals surface area contributed by atoms with Gasteiger partial charge in [0.05, 0.1) is 20.3 Å². The largest absolute Gasteiger partial charge is 0.497 e. The van der Waals surface area contributed by atoms with E-state index >= 15 is 0 Å². The maximum absolute atomic E-state index is 12.3. The smallest absolute Gasteiger partial charge is 0.363 e. The average molecular weight is 425 g/mol. The van der Waals surface area contributed by atoms with Crippen molar-refractivity contribution in [3.63, 3.8) is 0 Å². The maximum Gasteiger partial charge on any atom is 0.363 e. The molecule has 2 aromatic carbocycles. The highest BCUT2D eigenvalue weighted by molar-refractivity contribution is 6.13. The fourth-order valence-electron chi connectivity index (χ4n) is 2.79. The van der Waals surface area contributed by atoms with E-state index in [-0.39, 0.29) is 24.8 Å². The molecule has 0 spiro atoms. The predicted octanol–water partition coefficient (Wildman–Crippen LogP) is 3.38. The molecule has 1 heterocycles. The zero-order valence-electron chi connectivity index (χ0n) is 17.5. The van der Waals surface area contributed by atoms with Crippen LogP contribution < -0.4 is 14.2 Å². The molecule has 0 atom stereocenters.